The molecule has 1 saturated heterocycles. The van der Waals surface area contributed by atoms with Gasteiger partial charge in [-0.1, -0.05) is 18.2 Å². The average molecular weight is 284 g/mol. The summed E-state index contributed by atoms with van der Waals surface area (Å²) < 4.78 is 0. The van der Waals surface area contributed by atoms with Gasteiger partial charge in [0.1, 0.15) is 0 Å². The zero-order valence-electron chi connectivity index (χ0n) is 12.7. The summed E-state index contributed by atoms with van der Waals surface area (Å²) >= 11 is 0. The van der Waals surface area contributed by atoms with Crippen molar-refractivity contribution in [3.8, 4) is 0 Å². The molecule has 0 unspecified atom stereocenters. The van der Waals surface area contributed by atoms with Crippen LogP contribution in [0.15, 0.2) is 24.3 Å². The quantitative estimate of drug-likeness (QED) is 0.833. The number of nitrogens with zero attached hydrogens (tertiary/aromatic N) is 1. The molecule has 4 fully saturated rings. The molecule has 1 heterocycles. The van der Waals surface area contributed by atoms with Crippen LogP contribution in [0.3, 0.4) is 0 Å². The third kappa shape index (κ3) is 2.23. The number of nitrogens with one attached hydrogen (secondary N) is 1. The molecule has 3 saturated carbocycles. The molecule has 3 nitrogen and oxygen atoms in total. The van der Waals surface area contributed by atoms with Crippen molar-refractivity contribution in [1.29, 1.82) is 0 Å². The number of likely N-dealkylation sites (tertiary alicyclic amines) is 1. The van der Waals surface area contributed by atoms with Crippen LogP contribution in [0.2, 0.25) is 0 Å². The van der Waals surface area contributed by atoms with E-state index in [9.17, 15) is 4.79 Å². The molecule has 112 valence electrons. The summed E-state index contributed by atoms with van der Waals surface area (Å²) in [6.45, 7) is 3.99. The molecule has 0 aromatic heterocycles. The molecule has 5 rings (SSSR count). The lowest BCUT2D eigenvalue weighted by molar-refractivity contribution is 0.0577. The fourth-order valence-corrected chi connectivity index (χ4v) is 4.93. The van der Waals surface area contributed by atoms with Crippen molar-refractivity contribution in [3.63, 3.8) is 0 Å². The van der Waals surface area contributed by atoms with E-state index in [1.54, 1.807) is 0 Å². The Morgan fingerprint density at radius 1 is 1.05 bits per heavy atom. The van der Waals surface area contributed by atoms with E-state index in [0.717, 1.165) is 48.0 Å². The first-order chi connectivity index (χ1) is 10.2. The summed E-state index contributed by atoms with van der Waals surface area (Å²) in [6.07, 6.45) is 5.61. The predicted octanol–water partition coefficient (Wildman–Crippen LogP) is 3.89. The van der Waals surface area contributed by atoms with Gasteiger partial charge in [-0.25, -0.2) is 4.79 Å². The number of fused-ring (bicyclic) bond motifs is 2. The van der Waals surface area contributed by atoms with Crippen molar-refractivity contribution < 1.29 is 4.79 Å². The molecular weight excluding hydrogens is 260 g/mol. The number of rotatable bonds is 1. The molecule has 3 aliphatic carbocycles. The molecule has 1 aromatic rings. The van der Waals surface area contributed by atoms with Crippen molar-refractivity contribution in [2.45, 2.75) is 32.6 Å². The van der Waals surface area contributed by atoms with Gasteiger partial charge in [0.25, 0.3) is 0 Å². The van der Waals surface area contributed by atoms with E-state index in [-0.39, 0.29) is 6.03 Å². The summed E-state index contributed by atoms with van der Waals surface area (Å²) in [5.74, 6) is 3.33. The molecule has 2 atom stereocenters. The van der Waals surface area contributed by atoms with E-state index in [2.05, 4.69) is 10.2 Å². The van der Waals surface area contributed by atoms with E-state index < -0.39 is 0 Å². The number of carbonyl (C=O) groups is 1. The summed E-state index contributed by atoms with van der Waals surface area (Å²) in [5.41, 5.74) is 2.07. The van der Waals surface area contributed by atoms with Gasteiger partial charge < -0.3 is 10.2 Å². The normalized spacial score (nSPS) is 33.9. The second-order valence-corrected chi connectivity index (χ2v) is 7.15. The van der Waals surface area contributed by atoms with Gasteiger partial charge >= 0.3 is 6.03 Å². The summed E-state index contributed by atoms with van der Waals surface area (Å²) in [4.78, 5) is 14.6. The lowest BCUT2D eigenvalue weighted by Gasteiger charge is -2.44. The maximum atomic E-state index is 12.6. The molecule has 1 aromatic carbocycles. The smallest absolute Gasteiger partial charge is 0.321 e. The molecule has 1 aliphatic heterocycles. The van der Waals surface area contributed by atoms with Gasteiger partial charge in [0, 0.05) is 18.8 Å². The third-order valence-electron chi connectivity index (χ3n) is 6.11. The maximum absolute atomic E-state index is 12.6. The van der Waals surface area contributed by atoms with E-state index in [4.69, 9.17) is 0 Å². The molecule has 4 aliphatic rings. The highest BCUT2D eigenvalue weighted by Gasteiger charge is 2.49. The first-order valence-electron chi connectivity index (χ1n) is 8.34. The van der Waals surface area contributed by atoms with Gasteiger partial charge in [-0.2, -0.15) is 0 Å². The third-order valence-corrected chi connectivity index (χ3v) is 6.11. The van der Waals surface area contributed by atoms with E-state index in [0.29, 0.717) is 0 Å². The van der Waals surface area contributed by atoms with E-state index in [1.807, 2.05) is 31.2 Å². The van der Waals surface area contributed by atoms with Crippen LogP contribution < -0.4 is 5.32 Å². The number of amides is 2. The molecule has 2 bridgehead atoms. The standard InChI is InChI=1S/C18H24N2O/c1-12-4-2-3-5-17(12)19-18(21)20-10-15-13-6-7-14(9-8-13)16(15)11-20/h2-5,13-16H,6-11H2,1H3,(H,19,21)/t13?,14?,15-,16+. The van der Waals surface area contributed by atoms with Gasteiger partial charge in [0.15, 0.2) is 0 Å². The number of benzene rings is 1. The lowest BCUT2D eigenvalue weighted by atomic mass is 9.60. The molecule has 3 heteroatoms. The second-order valence-electron chi connectivity index (χ2n) is 7.15. The molecule has 0 spiro atoms. The van der Waals surface area contributed by atoms with Crippen LogP contribution in [0, 0.1) is 30.6 Å². The molecule has 2 amide bonds. The highest BCUT2D eigenvalue weighted by Crippen LogP contribution is 2.51. The topological polar surface area (TPSA) is 32.3 Å². The number of para-hydroxylation sites is 1. The second kappa shape index (κ2) is 5.04. The van der Waals surface area contributed by atoms with Gasteiger partial charge in [-0.15, -0.1) is 0 Å². The van der Waals surface area contributed by atoms with Gasteiger partial charge in [0.05, 0.1) is 0 Å². The van der Waals surface area contributed by atoms with Crippen LogP contribution in [0.4, 0.5) is 10.5 Å². The Labute approximate surface area is 126 Å². The predicted molar refractivity (Wildman–Crippen MR) is 84.2 cm³/mol. The van der Waals surface area contributed by atoms with Crippen LogP contribution in [0.5, 0.6) is 0 Å². The molecule has 21 heavy (non-hydrogen) atoms. The number of carbonyl (C=O) groups excluding carboxylic acids is 1. The highest BCUT2D eigenvalue weighted by atomic mass is 16.2. The van der Waals surface area contributed by atoms with E-state index in [1.165, 1.54) is 25.7 Å². The molecule has 0 radical (unpaired) electrons. The number of aryl methyl sites for hydroxylation is 1. The zero-order chi connectivity index (χ0) is 14.4. The van der Waals surface area contributed by atoms with Crippen molar-refractivity contribution >= 4 is 11.7 Å². The number of anilines is 1. The van der Waals surface area contributed by atoms with Crippen molar-refractivity contribution in [3.05, 3.63) is 29.8 Å². The average Bonchev–Trinajstić information content (AvgIpc) is 2.98. The summed E-state index contributed by atoms with van der Waals surface area (Å²) in [5, 5.41) is 3.10. The Kier molecular flexibility index (Phi) is 3.16. The summed E-state index contributed by atoms with van der Waals surface area (Å²) in [7, 11) is 0. The van der Waals surface area contributed by atoms with Gasteiger partial charge in [-0.05, 0) is 67.9 Å². The van der Waals surface area contributed by atoms with Crippen LogP contribution in [-0.4, -0.2) is 24.0 Å². The fraction of sp³-hybridized carbons (Fsp3) is 0.611. The van der Waals surface area contributed by atoms with Gasteiger partial charge in [0.2, 0.25) is 0 Å². The first-order valence-corrected chi connectivity index (χ1v) is 8.34. The van der Waals surface area contributed by atoms with Crippen LogP contribution in [0.25, 0.3) is 0 Å². The molecular formula is C18H24N2O. The monoisotopic (exact) mass is 284 g/mol. The summed E-state index contributed by atoms with van der Waals surface area (Å²) in [6, 6.07) is 8.11. The van der Waals surface area contributed by atoms with Crippen molar-refractivity contribution in [2.24, 2.45) is 23.7 Å². The Balaban J connectivity index is 1.46. The van der Waals surface area contributed by atoms with Crippen LogP contribution in [-0.2, 0) is 0 Å². The SMILES string of the molecule is Cc1ccccc1NC(=O)N1C[C@@H]2C3CCC(CC3)[C@@H]2C1. The Bertz CT molecular complexity index is 528. The minimum Gasteiger partial charge on any atom is -0.324 e. The number of hydrogen-bond acceptors (Lipinski definition) is 1. The van der Waals surface area contributed by atoms with Crippen molar-refractivity contribution in [2.75, 3.05) is 18.4 Å². The number of urea groups is 1. The Morgan fingerprint density at radius 3 is 2.19 bits per heavy atom. The Morgan fingerprint density at radius 2 is 1.62 bits per heavy atom. The highest BCUT2D eigenvalue weighted by molar-refractivity contribution is 5.90. The fourth-order valence-electron chi connectivity index (χ4n) is 4.93. The largest absolute Gasteiger partial charge is 0.324 e. The lowest BCUT2D eigenvalue weighted by Crippen LogP contribution is -2.38. The Hall–Kier alpha value is -1.51. The van der Waals surface area contributed by atoms with Gasteiger partial charge in [-0.3, -0.25) is 0 Å². The maximum Gasteiger partial charge on any atom is 0.321 e. The molecule has 1 N–H and O–H groups in total. The van der Waals surface area contributed by atoms with Crippen LogP contribution >= 0.6 is 0 Å². The minimum atomic E-state index is 0.0955. The van der Waals surface area contributed by atoms with Crippen molar-refractivity contribution in [1.82, 2.24) is 4.90 Å². The zero-order valence-corrected chi connectivity index (χ0v) is 12.7. The minimum absolute atomic E-state index is 0.0955. The number of hydrogen-bond donors (Lipinski definition) is 1. The van der Waals surface area contributed by atoms with Crippen LogP contribution in [0.1, 0.15) is 31.2 Å². The first kappa shape index (κ1) is 13.2. The van der Waals surface area contributed by atoms with E-state index >= 15 is 0 Å².